The fourth-order valence-electron chi connectivity index (χ4n) is 2.90. The average Bonchev–Trinajstić information content (AvgIpc) is 2.59. The minimum atomic E-state index is -0.374. The number of amides is 2. The zero-order valence-corrected chi connectivity index (χ0v) is 13.8. The first-order valence-corrected chi connectivity index (χ1v) is 7.37. The maximum absolute atomic E-state index is 11.9. The minimum Gasteiger partial charge on any atom is -0.369 e. The Labute approximate surface area is 130 Å². The van der Waals surface area contributed by atoms with Gasteiger partial charge in [-0.3, -0.25) is 10.1 Å². The molecule has 0 saturated carbocycles. The molecule has 2 heterocycles. The monoisotopic (exact) mass is 308 g/mol. The molecule has 2 amide bonds. The van der Waals surface area contributed by atoms with E-state index >= 15 is 0 Å². The van der Waals surface area contributed by atoms with E-state index in [1.165, 1.54) is 17.0 Å². The molecule has 0 aliphatic carbocycles. The van der Waals surface area contributed by atoms with Gasteiger partial charge in [-0.05, 0) is 34.1 Å². The van der Waals surface area contributed by atoms with Crippen LogP contribution in [-0.2, 0) is 11.8 Å². The molecule has 1 saturated heterocycles. The lowest BCUT2D eigenvalue weighted by Crippen LogP contribution is -2.39. The number of nitrogens with one attached hydrogen (secondary N) is 2. The number of rotatable bonds is 3. The largest absolute Gasteiger partial charge is 0.369 e. The fourth-order valence-corrected chi connectivity index (χ4v) is 2.90. The molecule has 1 aliphatic heterocycles. The Balaban J connectivity index is 1.90. The lowest BCUT2D eigenvalue weighted by atomic mass is 9.87. The van der Waals surface area contributed by atoms with Crippen LogP contribution in [0.25, 0.3) is 0 Å². The molecule has 22 heavy (non-hydrogen) atoms. The van der Waals surface area contributed by atoms with Crippen molar-refractivity contribution in [2.45, 2.75) is 45.3 Å². The predicted octanol–water partition coefficient (Wildman–Crippen LogP) is 1.50. The molecule has 0 aromatic carbocycles. The smallest absolute Gasteiger partial charge is 0.320 e. The number of ether oxygens (including phenoxy) is 1. The normalized spacial score (nSPS) is 22.3. The maximum atomic E-state index is 11.9. The number of aromatic nitrogens is 2. The van der Waals surface area contributed by atoms with Crippen LogP contribution in [0.1, 0.15) is 34.1 Å². The number of aryl methyl sites for hydroxylation is 1. The Morgan fingerprint density at radius 2 is 2.14 bits per heavy atom. The van der Waals surface area contributed by atoms with Crippen molar-refractivity contribution < 1.29 is 9.53 Å². The van der Waals surface area contributed by atoms with Gasteiger partial charge >= 0.3 is 6.03 Å². The number of carbonyl (C=O) groups is 1. The summed E-state index contributed by atoms with van der Waals surface area (Å²) < 4.78 is 7.34. The molecule has 7 heteroatoms. The van der Waals surface area contributed by atoms with Crippen molar-refractivity contribution >= 4 is 11.8 Å². The van der Waals surface area contributed by atoms with Crippen molar-refractivity contribution in [1.82, 2.24) is 14.9 Å². The van der Waals surface area contributed by atoms with Crippen LogP contribution in [0.2, 0.25) is 0 Å². The Morgan fingerprint density at radius 1 is 1.45 bits per heavy atom. The summed E-state index contributed by atoms with van der Waals surface area (Å²) >= 11 is 0. The van der Waals surface area contributed by atoms with Crippen molar-refractivity contribution in [3.05, 3.63) is 22.7 Å². The van der Waals surface area contributed by atoms with E-state index in [1.807, 2.05) is 13.8 Å². The van der Waals surface area contributed by atoms with Crippen LogP contribution in [0.3, 0.4) is 0 Å². The van der Waals surface area contributed by atoms with Crippen LogP contribution in [-0.4, -0.2) is 33.3 Å². The highest BCUT2D eigenvalue weighted by molar-refractivity contribution is 5.88. The third-order valence-corrected chi connectivity index (χ3v) is 3.99. The van der Waals surface area contributed by atoms with Crippen LogP contribution >= 0.6 is 0 Å². The van der Waals surface area contributed by atoms with Crippen LogP contribution < -0.4 is 16.2 Å². The molecule has 1 fully saturated rings. The van der Waals surface area contributed by atoms with Gasteiger partial charge in [0.15, 0.2) is 0 Å². The summed E-state index contributed by atoms with van der Waals surface area (Å²) in [4.78, 5) is 27.4. The lowest BCUT2D eigenvalue weighted by Gasteiger charge is -2.27. The molecular weight excluding hydrogens is 284 g/mol. The molecule has 1 aromatic heterocycles. The quantitative estimate of drug-likeness (QED) is 0.886. The number of anilines is 1. The van der Waals surface area contributed by atoms with Gasteiger partial charge in [-0.2, -0.15) is 0 Å². The first-order chi connectivity index (χ1) is 10.1. The third kappa shape index (κ3) is 3.85. The summed E-state index contributed by atoms with van der Waals surface area (Å²) in [5.74, 6) is 0.465. The molecule has 1 aliphatic rings. The number of urea groups is 1. The zero-order valence-electron chi connectivity index (χ0n) is 13.8. The Kier molecular flexibility index (Phi) is 4.28. The average molecular weight is 308 g/mol. The molecule has 122 valence electrons. The van der Waals surface area contributed by atoms with Gasteiger partial charge in [0.25, 0.3) is 5.56 Å². The zero-order chi connectivity index (χ0) is 16.5. The van der Waals surface area contributed by atoms with Crippen molar-refractivity contribution in [3.8, 4) is 0 Å². The molecule has 0 radical (unpaired) electrons. The highest BCUT2D eigenvalue weighted by Gasteiger charge is 2.45. The second-order valence-corrected chi connectivity index (χ2v) is 6.92. The summed E-state index contributed by atoms with van der Waals surface area (Å²) in [7, 11) is 1.60. The van der Waals surface area contributed by atoms with Crippen LogP contribution in [0.5, 0.6) is 0 Å². The summed E-state index contributed by atoms with van der Waals surface area (Å²) in [6.45, 7) is 8.69. The van der Waals surface area contributed by atoms with Crippen molar-refractivity contribution in [2.24, 2.45) is 13.0 Å². The van der Waals surface area contributed by atoms with Gasteiger partial charge in [-0.1, -0.05) is 0 Å². The summed E-state index contributed by atoms with van der Waals surface area (Å²) in [5.41, 5.74) is -0.686. The fraction of sp³-hybridized carbons (Fsp3) is 0.667. The van der Waals surface area contributed by atoms with Gasteiger partial charge in [0.1, 0.15) is 5.82 Å². The van der Waals surface area contributed by atoms with Crippen LogP contribution in [0.4, 0.5) is 10.6 Å². The molecule has 1 atom stereocenters. The standard InChI is InChI=1S/C15H24N4O3/c1-14(2)7-10(15(3,4)22-14)8-16-13(21)18-11-6-12(20)19(5)9-17-11/h6,9-10H,7-8H2,1-5H3,(H2,16,18,21). The van der Waals surface area contributed by atoms with Crippen LogP contribution in [0, 0.1) is 5.92 Å². The highest BCUT2D eigenvalue weighted by atomic mass is 16.5. The molecular formula is C15H24N4O3. The number of carbonyl (C=O) groups excluding carboxylic acids is 1. The molecule has 2 rings (SSSR count). The second-order valence-electron chi connectivity index (χ2n) is 6.92. The Morgan fingerprint density at radius 3 is 2.68 bits per heavy atom. The predicted molar refractivity (Wildman–Crippen MR) is 83.8 cm³/mol. The lowest BCUT2D eigenvalue weighted by molar-refractivity contribution is -0.0740. The molecule has 7 nitrogen and oxygen atoms in total. The van der Waals surface area contributed by atoms with Gasteiger partial charge in [0, 0.05) is 25.6 Å². The summed E-state index contributed by atoms with van der Waals surface area (Å²) in [5, 5.41) is 5.39. The summed E-state index contributed by atoms with van der Waals surface area (Å²) in [6, 6.07) is 0.909. The van der Waals surface area contributed by atoms with Crippen molar-refractivity contribution in [1.29, 1.82) is 0 Å². The second kappa shape index (κ2) is 5.72. The van der Waals surface area contributed by atoms with E-state index in [0.29, 0.717) is 6.54 Å². The Bertz CT molecular complexity index is 621. The molecule has 0 bridgehead atoms. The van der Waals surface area contributed by atoms with E-state index in [-0.39, 0.29) is 34.5 Å². The van der Waals surface area contributed by atoms with Crippen LogP contribution in [0.15, 0.2) is 17.2 Å². The number of nitrogens with zero attached hydrogens (tertiary/aromatic N) is 2. The van der Waals surface area contributed by atoms with Crippen molar-refractivity contribution in [2.75, 3.05) is 11.9 Å². The first-order valence-electron chi connectivity index (χ1n) is 7.37. The molecule has 1 unspecified atom stereocenters. The number of hydrogen-bond acceptors (Lipinski definition) is 4. The molecule has 2 N–H and O–H groups in total. The third-order valence-electron chi connectivity index (χ3n) is 3.99. The van der Waals surface area contributed by atoms with E-state index in [9.17, 15) is 9.59 Å². The number of hydrogen-bond donors (Lipinski definition) is 2. The van der Waals surface area contributed by atoms with Crippen molar-refractivity contribution in [3.63, 3.8) is 0 Å². The maximum Gasteiger partial charge on any atom is 0.320 e. The van der Waals surface area contributed by atoms with E-state index in [1.54, 1.807) is 7.05 Å². The van der Waals surface area contributed by atoms with E-state index < -0.39 is 0 Å². The molecule has 1 aromatic rings. The van der Waals surface area contributed by atoms with Gasteiger partial charge < -0.3 is 14.6 Å². The molecule has 0 spiro atoms. The SMILES string of the molecule is Cn1cnc(NC(=O)NCC2CC(C)(C)OC2(C)C)cc1=O. The van der Waals surface area contributed by atoms with E-state index in [2.05, 4.69) is 29.5 Å². The van der Waals surface area contributed by atoms with Gasteiger partial charge in [-0.15, -0.1) is 0 Å². The highest BCUT2D eigenvalue weighted by Crippen LogP contribution is 2.41. The first kappa shape index (κ1) is 16.5. The van der Waals surface area contributed by atoms with Gasteiger partial charge in [0.05, 0.1) is 17.5 Å². The van der Waals surface area contributed by atoms with E-state index in [0.717, 1.165) is 6.42 Å². The van der Waals surface area contributed by atoms with Gasteiger partial charge in [0.2, 0.25) is 0 Å². The minimum absolute atomic E-state index is 0.181. The summed E-state index contributed by atoms with van der Waals surface area (Å²) in [6.07, 6.45) is 2.25. The van der Waals surface area contributed by atoms with E-state index in [4.69, 9.17) is 4.74 Å². The van der Waals surface area contributed by atoms with Gasteiger partial charge in [-0.25, -0.2) is 9.78 Å². The Hall–Kier alpha value is -1.89. The topological polar surface area (TPSA) is 85.2 Å².